The highest BCUT2D eigenvalue weighted by Gasteiger charge is 2.41. The first-order chi connectivity index (χ1) is 19.3. The molecule has 3 aliphatic heterocycles. The second kappa shape index (κ2) is 10.4. The van der Waals surface area contributed by atoms with Gasteiger partial charge in [0.1, 0.15) is 21.2 Å². The van der Waals surface area contributed by atoms with Crippen LogP contribution >= 0.6 is 0 Å². The predicted molar refractivity (Wildman–Crippen MR) is 162 cm³/mol. The molecule has 1 aliphatic carbocycles. The molecule has 4 aliphatic rings. The average Bonchev–Trinajstić information content (AvgIpc) is 2.98. The van der Waals surface area contributed by atoms with Gasteiger partial charge in [0, 0.05) is 43.8 Å². The van der Waals surface area contributed by atoms with Gasteiger partial charge < -0.3 is 15.1 Å². The van der Waals surface area contributed by atoms with E-state index in [4.69, 9.17) is 0 Å². The standard InChI is InChI=1S/C33H36N2O4Si/c1-40(2)29-20-23(34-15-5-3-6-16-34)10-13-26(29)31(28-19-22(32(36)37)9-12-25(28)33(38)39)27-14-11-24(21-30(27)40)35-17-7-4-8-18-35/h9-14,19-21H,3-8,15-18H2,1-2H3,(H-,36,37,38,39)/p+1. The minimum absolute atomic E-state index is 0.0903. The molecule has 0 bridgehead atoms. The highest BCUT2D eigenvalue weighted by molar-refractivity contribution is 6.98. The summed E-state index contributed by atoms with van der Waals surface area (Å²) in [6.45, 7) is 9.00. The summed E-state index contributed by atoms with van der Waals surface area (Å²) in [6, 6.07) is 11.1. The number of benzene rings is 2. The fraction of sp³-hybridized carbons (Fsp3) is 0.364. The van der Waals surface area contributed by atoms with E-state index < -0.39 is 20.0 Å². The molecule has 6 nitrogen and oxygen atoms in total. The van der Waals surface area contributed by atoms with E-state index in [9.17, 15) is 19.8 Å². The van der Waals surface area contributed by atoms with Gasteiger partial charge in [0.2, 0.25) is 0 Å². The molecule has 2 aromatic rings. The number of hydrogen-bond donors (Lipinski definition) is 2. The lowest BCUT2D eigenvalue weighted by Gasteiger charge is -2.39. The van der Waals surface area contributed by atoms with Crippen LogP contribution in [0.1, 0.15) is 70.4 Å². The van der Waals surface area contributed by atoms with Gasteiger partial charge in [-0.15, -0.1) is 0 Å². The van der Waals surface area contributed by atoms with Crippen LogP contribution in [0, 0.1) is 0 Å². The molecule has 7 heteroatoms. The maximum Gasteiger partial charge on any atom is 0.336 e. The summed E-state index contributed by atoms with van der Waals surface area (Å²) in [5, 5.41) is 22.6. The van der Waals surface area contributed by atoms with Gasteiger partial charge in [-0.25, -0.2) is 14.2 Å². The summed E-state index contributed by atoms with van der Waals surface area (Å²) in [5.41, 5.74) is 6.02. The monoisotopic (exact) mass is 553 g/mol. The number of carboxylic acids is 2. The molecule has 0 spiro atoms. The second-order valence-corrected chi connectivity index (χ2v) is 16.3. The zero-order valence-electron chi connectivity index (χ0n) is 23.4. The summed E-state index contributed by atoms with van der Waals surface area (Å²) in [7, 11) is -2.21. The van der Waals surface area contributed by atoms with Crippen LogP contribution in [0.5, 0.6) is 0 Å². The number of fused-ring (bicyclic) bond motifs is 2. The quantitative estimate of drug-likeness (QED) is 0.387. The summed E-state index contributed by atoms with van der Waals surface area (Å²) in [6.07, 6.45) is 14.0. The van der Waals surface area contributed by atoms with Crippen molar-refractivity contribution in [1.82, 2.24) is 0 Å². The zero-order valence-corrected chi connectivity index (χ0v) is 24.4. The number of anilines is 1. The molecule has 0 amide bonds. The Balaban J connectivity index is 1.63. The van der Waals surface area contributed by atoms with Gasteiger partial charge in [-0.2, -0.15) is 0 Å². The van der Waals surface area contributed by atoms with Gasteiger partial charge >= 0.3 is 11.9 Å². The van der Waals surface area contributed by atoms with Gasteiger partial charge in [0.15, 0.2) is 5.71 Å². The van der Waals surface area contributed by atoms with Crippen molar-refractivity contribution in [1.29, 1.82) is 0 Å². The van der Waals surface area contributed by atoms with Crippen molar-refractivity contribution in [3.05, 3.63) is 87.6 Å². The minimum atomic E-state index is -2.21. The molecule has 0 aromatic heterocycles. The van der Waals surface area contributed by atoms with Crippen LogP contribution in [0.25, 0.3) is 5.57 Å². The Kier molecular flexibility index (Phi) is 6.86. The smallest absolute Gasteiger partial charge is 0.336 e. The first-order valence-electron chi connectivity index (χ1n) is 14.5. The van der Waals surface area contributed by atoms with Crippen LogP contribution in [-0.2, 0) is 0 Å². The van der Waals surface area contributed by atoms with E-state index in [1.54, 1.807) is 6.07 Å². The van der Waals surface area contributed by atoms with Crippen LogP contribution in [0.15, 0.2) is 65.4 Å². The number of carbonyl (C=O) groups is 2. The lowest BCUT2D eigenvalue weighted by Crippen LogP contribution is -2.50. The van der Waals surface area contributed by atoms with Crippen LogP contribution in [0.3, 0.4) is 0 Å². The Morgan fingerprint density at radius 1 is 0.825 bits per heavy atom. The summed E-state index contributed by atoms with van der Waals surface area (Å²) in [4.78, 5) is 26.9. The normalized spacial score (nSPS) is 20.1. The predicted octanol–water partition coefficient (Wildman–Crippen LogP) is 5.48. The number of carboxylic acid groups (broad SMARTS) is 2. The van der Waals surface area contributed by atoms with Crippen LogP contribution < -0.4 is 10.1 Å². The molecule has 2 N–H and O–H groups in total. The zero-order chi connectivity index (χ0) is 28.0. The first kappa shape index (κ1) is 26.5. The molecule has 206 valence electrons. The minimum Gasteiger partial charge on any atom is -0.478 e. The van der Waals surface area contributed by atoms with Crippen molar-refractivity contribution in [3.8, 4) is 0 Å². The molecule has 0 radical (unpaired) electrons. The van der Waals surface area contributed by atoms with Crippen molar-refractivity contribution in [2.24, 2.45) is 0 Å². The molecule has 0 unspecified atom stereocenters. The number of rotatable bonds is 4. The maximum absolute atomic E-state index is 12.5. The Bertz CT molecular complexity index is 1530. The molecule has 2 saturated heterocycles. The number of aromatic carboxylic acids is 2. The maximum atomic E-state index is 12.5. The Morgan fingerprint density at radius 3 is 2.25 bits per heavy atom. The van der Waals surface area contributed by atoms with Crippen molar-refractivity contribution in [3.63, 3.8) is 0 Å². The number of allylic oxidation sites excluding steroid dienone is 5. The molecular weight excluding hydrogens is 516 g/mol. The van der Waals surface area contributed by atoms with E-state index >= 15 is 0 Å². The van der Waals surface area contributed by atoms with Crippen LogP contribution in [0.2, 0.25) is 13.1 Å². The van der Waals surface area contributed by atoms with Crippen LogP contribution in [-0.4, -0.2) is 66.7 Å². The lowest BCUT2D eigenvalue weighted by atomic mass is 9.86. The number of nitrogens with zero attached hydrogens (tertiary/aromatic N) is 2. The van der Waals surface area contributed by atoms with E-state index in [2.05, 4.69) is 59.0 Å². The molecular formula is C33H37N2O4Si+. The molecule has 40 heavy (non-hydrogen) atoms. The largest absolute Gasteiger partial charge is 0.478 e. The molecule has 2 fully saturated rings. The summed E-state index contributed by atoms with van der Waals surface area (Å²) >= 11 is 0. The van der Waals surface area contributed by atoms with Gasteiger partial charge in [-0.1, -0.05) is 19.2 Å². The van der Waals surface area contributed by atoms with Gasteiger partial charge in [-0.3, -0.25) is 0 Å². The first-order valence-corrected chi connectivity index (χ1v) is 17.5. The van der Waals surface area contributed by atoms with E-state index in [1.807, 2.05) is 0 Å². The molecule has 6 rings (SSSR count). The Hall–Kier alpha value is -3.71. The average molecular weight is 554 g/mol. The van der Waals surface area contributed by atoms with Gasteiger partial charge in [-0.05, 0) is 94.7 Å². The van der Waals surface area contributed by atoms with Gasteiger partial charge in [0.05, 0.1) is 11.1 Å². The Labute approximate surface area is 236 Å². The number of hydrogen-bond acceptors (Lipinski definition) is 3. The SMILES string of the molecule is C[Si]1(C)C2=CC(=[N+]3CCCCC3)C=CC2=C(c2cc(C(=O)O)ccc2C(=O)O)c2ccc(N3CCCCC3)cc21. The third-order valence-electron chi connectivity index (χ3n) is 9.10. The van der Waals surface area contributed by atoms with E-state index in [0.717, 1.165) is 42.9 Å². The third-order valence-corrected chi connectivity index (χ3v) is 12.6. The van der Waals surface area contributed by atoms with Gasteiger partial charge in [0.25, 0.3) is 0 Å². The topological polar surface area (TPSA) is 80.8 Å². The highest BCUT2D eigenvalue weighted by atomic mass is 28.3. The fourth-order valence-corrected chi connectivity index (χ4v) is 9.95. The second-order valence-electron chi connectivity index (χ2n) is 11.9. The van der Waals surface area contributed by atoms with E-state index in [-0.39, 0.29) is 11.1 Å². The molecule has 0 saturated carbocycles. The fourth-order valence-electron chi connectivity index (χ4n) is 6.88. The Morgan fingerprint density at radius 2 is 1.55 bits per heavy atom. The molecule has 3 heterocycles. The number of piperidine rings is 2. The van der Waals surface area contributed by atoms with Crippen molar-refractivity contribution >= 4 is 42.2 Å². The lowest BCUT2D eigenvalue weighted by molar-refractivity contribution is -0.535. The summed E-state index contributed by atoms with van der Waals surface area (Å²) < 4.78 is 2.47. The van der Waals surface area contributed by atoms with Crippen molar-refractivity contribution in [2.75, 3.05) is 31.1 Å². The third kappa shape index (κ3) is 4.56. The van der Waals surface area contributed by atoms with Crippen molar-refractivity contribution < 1.29 is 24.4 Å². The van der Waals surface area contributed by atoms with E-state index in [0.29, 0.717) is 5.56 Å². The van der Waals surface area contributed by atoms with Crippen molar-refractivity contribution in [2.45, 2.75) is 51.6 Å². The molecule has 0 atom stereocenters. The van der Waals surface area contributed by atoms with E-state index in [1.165, 1.54) is 72.4 Å². The van der Waals surface area contributed by atoms with Crippen LogP contribution in [0.4, 0.5) is 5.69 Å². The highest BCUT2D eigenvalue weighted by Crippen LogP contribution is 2.43. The summed E-state index contributed by atoms with van der Waals surface area (Å²) in [5.74, 6) is -2.12. The molecule has 2 aromatic carbocycles.